The smallest absolute Gasteiger partial charge is 0.358 e. The third-order valence-corrected chi connectivity index (χ3v) is 3.88. The Morgan fingerprint density at radius 1 is 1.15 bits per heavy atom. The summed E-state index contributed by atoms with van der Waals surface area (Å²) in [4.78, 5) is 22.7. The average molecular weight is 349 g/mol. The van der Waals surface area contributed by atoms with Crippen LogP contribution >= 0.6 is 0 Å². The van der Waals surface area contributed by atoms with Gasteiger partial charge in [0.15, 0.2) is 5.69 Å². The molecule has 132 valence electrons. The Kier molecular flexibility index (Phi) is 5.12. The van der Waals surface area contributed by atoms with E-state index in [1.165, 1.54) is 0 Å². The molecule has 6 heteroatoms. The molecule has 0 atom stereocenters. The Morgan fingerprint density at radius 2 is 1.85 bits per heavy atom. The Labute approximate surface area is 151 Å². The maximum atomic E-state index is 12.1. The molecule has 0 saturated heterocycles. The summed E-state index contributed by atoms with van der Waals surface area (Å²) in [6, 6.07) is 16.9. The van der Waals surface area contributed by atoms with Gasteiger partial charge < -0.3 is 10.1 Å². The van der Waals surface area contributed by atoms with Gasteiger partial charge in [-0.05, 0) is 44.2 Å². The van der Waals surface area contributed by atoms with Gasteiger partial charge >= 0.3 is 5.97 Å². The quantitative estimate of drug-likeness (QED) is 0.545. The fourth-order valence-corrected chi connectivity index (χ4v) is 2.58. The Bertz CT molecular complexity index is 912. The van der Waals surface area contributed by atoms with Crippen LogP contribution in [0.15, 0.2) is 54.6 Å². The summed E-state index contributed by atoms with van der Waals surface area (Å²) in [5.41, 5.74) is 4.57. The van der Waals surface area contributed by atoms with Crippen LogP contribution in [-0.2, 0) is 9.53 Å². The number of aryl methyl sites for hydroxylation is 1. The first-order valence-electron chi connectivity index (χ1n) is 8.27. The van der Waals surface area contributed by atoms with Gasteiger partial charge in [0.2, 0.25) is 6.41 Å². The molecule has 1 heterocycles. The van der Waals surface area contributed by atoms with Crippen LogP contribution in [0.2, 0.25) is 0 Å². The standard InChI is InChI=1S/C20H19N3O3/c1-3-26-20(25)18-12-19(15-6-4-14(2)5-7-15)23(22-18)17-10-8-16(9-11-17)21-13-24/h4-13H,3H2,1-2H3,(H,21,24). The molecule has 0 spiro atoms. The highest BCUT2D eigenvalue weighted by atomic mass is 16.5. The number of amides is 1. The maximum absolute atomic E-state index is 12.1. The summed E-state index contributed by atoms with van der Waals surface area (Å²) in [6.07, 6.45) is 0.625. The lowest BCUT2D eigenvalue weighted by Gasteiger charge is -2.09. The van der Waals surface area contributed by atoms with E-state index in [1.54, 1.807) is 29.8 Å². The number of nitrogens with zero attached hydrogens (tertiary/aromatic N) is 2. The van der Waals surface area contributed by atoms with Crippen LogP contribution in [0.1, 0.15) is 23.0 Å². The Balaban J connectivity index is 2.07. The van der Waals surface area contributed by atoms with Crippen molar-refractivity contribution < 1.29 is 14.3 Å². The van der Waals surface area contributed by atoms with E-state index in [1.807, 2.05) is 43.3 Å². The van der Waals surface area contributed by atoms with Gasteiger partial charge in [-0.3, -0.25) is 4.79 Å². The van der Waals surface area contributed by atoms with Crippen molar-refractivity contribution >= 4 is 18.1 Å². The molecule has 0 fully saturated rings. The largest absolute Gasteiger partial charge is 0.461 e. The van der Waals surface area contributed by atoms with Crippen LogP contribution in [0.25, 0.3) is 16.9 Å². The van der Waals surface area contributed by atoms with Crippen LogP contribution in [0.4, 0.5) is 5.69 Å². The van der Waals surface area contributed by atoms with Crippen LogP contribution in [0, 0.1) is 6.92 Å². The first kappa shape index (κ1) is 17.4. The molecule has 3 rings (SSSR count). The second kappa shape index (κ2) is 7.65. The van der Waals surface area contributed by atoms with E-state index in [0.717, 1.165) is 22.5 Å². The minimum Gasteiger partial charge on any atom is -0.461 e. The van der Waals surface area contributed by atoms with Crippen LogP contribution in [0.3, 0.4) is 0 Å². The van der Waals surface area contributed by atoms with Gasteiger partial charge in [-0.1, -0.05) is 29.8 Å². The van der Waals surface area contributed by atoms with Gasteiger partial charge in [0.25, 0.3) is 0 Å². The number of hydrogen-bond acceptors (Lipinski definition) is 4. The Hall–Kier alpha value is -3.41. The molecule has 0 aliphatic carbocycles. The monoisotopic (exact) mass is 349 g/mol. The van der Waals surface area contributed by atoms with Gasteiger partial charge in [-0.15, -0.1) is 0 Å². The normalized spacial score (nSPS) is 10.4. The van der Waals surface area contributed by atoms with Crippen molar-refractivity contribution in [3.05, 3.63) is 65.9 Å². The third-order valence-electron chi connectivity index (χ3n) is 3.88. The highest BCUT2D eigenvalue weighted by Gasteiger charge is 2.17. The first-order valence-corrected chi connectivity index (χ1v) is 8.27. The maximum Gasteiger partial charge on any atom is 0.358 e. The zero-order chi connectivity index (χ0) is 18.5. The number of carbonyl (C=O) groups excluding carboxylic acids is 2. The predicted molar refractivity (Wildman–Crippen MR) is 99.4 cm³/mol. The summed E-state index contributed by atoms with van der Waals surface area (Å²) in [5, 5.41) is 7.02. The van der Waals surface area contributed by atoms with Crippen LogP contribution < -0.4 is 5.32 Å². The molecular formula is C20H19N3O3. The number of nitrogens with one attached hydrogen (secondary N) is 1. The van der Waals surface area contributed by atoms with E-state index in [2.05, 4.69) is 10.4 Å². The van der Waals surface area contributed by atoms with E-state index >= 15 is 0 Å². The van der Waals surface area contributed by atoms with Crippen molar-refractivity contribution in [1.29, 1.82) is 0 Å². The molecule has 0 radical (unpaired) electrons. The summed E-state index contributed by atoms with van der Waals surface area (Å²) in [6.45, 7) is 4.07. The van der Waals surface area contributed by atoms with Gasteiger partial charge in [0.05, 0.1) is 18.0 Å². The zero-order valence-corrected chi connectivity index (χ0v) is 14.6. The van der Waals surface area contributed by atoms with Crippen molar-refractivity contribution in [2.24, 2.45) is 0 Å². The molecule has 26 heavy (non-hydrogen) atoms. The number of aromatic nitrogens is 2. The molecular weight excluding hydrogens is 330 g/mol. The fraction of sp³-hybridized carbons (Fsp3) is 0.150. The number of anilines is 1. The van der Waals surface area contributed by atoms with E-state index in [0.29, 0.717) is 12.1 Å². The molecule has 3 aromatic rings. The van der Waals surface area contributed by atoms with Crippen LogP contribution in [-0.4, -0.2) is 28.8 Å². The van der Waals surface area contributed by atoms with E-state index in [4.69, 9.17) is 4.74 Å². The summed E-state index contributed by atoms with van der Waals surface area (Å²) in [5.74, 6) is -0.459. The minimum atomic E-state index is -0.459. The minimum absolute atomic E-state index is 0.248. The lowest BCUT2D eigenvalue weighted by atomic mass is 10.1. The molecule has 0 aliphatic rings. The van der Waals surface area contributed by atoms with Gasteiger partial charge in [0.1, 0.15) is 0 Å². The highest BCUT2D eigenvalue weighted by Crippen LogP contribution is 2.25. The van der Waals surface area contributed by atoms with Crippen molar-refractivity contribution in [3.8, 4) is 16.9 Å². The first-order chi connectivity index (χ1) is 12.6. The highest BCUT2D eigenvalue weighted by molar-refractivity contribution is 5.89. The lowest BCUT2D eigenvalue weighted by molar-refractivity contribution is -0.105. The number of benzene rings is 2. The third kappa shape index (κ3) is 3.64. The molecule has 0 unspecified atom stereocenters. The molecule has 1 aromatic heterocycles. The van der Waals surface area contributed by atoms with E-state index in [9.17, 15) is 9.59 Å². The summed E-state index contributed by atoms with van der Waals surface area (Å²) < 4.78 is 6.77. The Morgan fingerprint density at radius 3 is 2.46 bits per heavy atom. The van der Waals surface area contributed by atoms with Crippen molar-refractivity contribution in [2.45, 2.75) is 13.8 Å². The molecule has 0 aliphatic heterocycles. The molecule has 1 N–H and O–H groups in total. The number of carbonyl (C=O) groups is 2. The molecule has 6 nitrogen and oxygen atoms in total. The number of ether oxygens (including phenoxy) is 1. The van der Waals surface area contributed by atoms with Gasteiger partial charge in [-0.2, -0.15) is 5.10 Å². The van der Waals surface area contributed by atoms with Crippen molar-refractivity contribution in [1.82, 2.24) is 9.78 Å². The number of hydrogen-bond donors (Lipinski definition) is 1. The van der Waals surface area contributed by atoms with Crippen molar-refractivity contribution in [3.63, 3.8) is 0 Å². The summed E-state index contributed by atoms with van der Waals surface area (Å²) >= 11 is 0. The topological polar surface area (TPSA) is 73.2 Å². The summed E-state index contributed by atoms with van der Waals surface area (Å²) in [7, 11) is 0. The number of esters is 1. The second-order valence-corrected chi connectivity index (χ2v) is 5.72. The van der Waals surface area contributed by atoms with Crippen molar-refractivity contribution in [2.75, 3.05) is 11.9 Å². The lowest BCUT2D eigenvalue weighted by Crippen LogP contribution is -2.07. The van der Waals surface area contributed by atoms with E-state index in [-0.39, 0.29) is 12.3 Å². The number of rotatable bonds is 6. The molecule has 2 aromatic carbocycles. The molecule has 0 bridgehead atoms. The zero-order valence-electron chi connectivity index (χ0n) is 14.6. The predicted octanol–water partition coefficient (Wildman–Crippen LogP) is 3.59. The van der Waals surface area contributed by atoms with Gasteiger partial charge in [-0.25, -0.2) is 9.48 Å². The second-order valence-electron chi connectivity index (χ2n) is 5.72. The SMILES string of the molecule is CCOC(=O)c1cc(-c2ccc(C)cc2)n(-c2ccc(NC=O)cc2)n1. The van der Waals surface area contributed by atoms with Crippen LogP contribution in [0.5, 0.6) is 0 Å². The van der Waals surface area contributed by atoms with E-state index < -0.39 is 5.97 Å². The fourth-order valence-electron chi connectivity index (χ4n) is 2.58. The molecule has 1 amide bonds. The molecule has 0 saturated carbocycles. The average Bonchev–Trinajstić information content (AvgIpc) is 3.09. The van der Waals surface area contributed by atoms with Gasteiger partial charge in [0, 0.05) is 11.3 Å².